The molecular weight excluding hydrogens is 495 g/mol. The van der Waals surface area contributed by atoms with Crippen molar-refractivity contribution in [3.05, 3.63) is 59.7 Å². The van der Waals surface area contributed by atoms with Crippen molar-refractivity contribution >= 4 is 35.8 Å². The summed E-state index contributed by atoms with van der Waals surface area (Å²) >= 11 is 0. The molecule has 2 aromatic carbocycles. The summed E-state index contributed by atoms with van der Waals surface area (Å²) in [5.41, 5.74) is 2.09. The molecule has 0 saturated heterocycles. The summed E-state index contributed by atoms with van der Waals surface area (Å²) in [4.78, 5) is 18.3. The number of nitrogens with zero attached hydrogens (tertiary/aromatic N) is 2. The topological polar surface area (TPSA) is 75.2 Å². The Morgan fingerprint density at radius 1 is 1.07 bits per heavy atom. The summed E-state index contributed by atoms with van der Waals surface area (Å²) in [5.74, 6) is 2.21. The number of hydrogen-bond acceptors (Lipinski definition) is 4. The summed E-state index contributed by atoms with van der Waals surface area (Å²) in [7, 11) is 6.93. The number of aliphatic imine (C=N–C) groups is 1. The SMILES string of the molecule is CN=C(NCCC(=O)NCc1ccccc1)N(C)Cc1ccc(OC)cc1OC.I. The van der Waals surface area contributed by atoms with Crippen LogP contribution >= 0.6 is 24.0 Å². The second-order valence-electron chi connectivity index (χ2n) is 6.52. The van der Waals surface area contributed by atoms with E-state index in [2.05, 4.69) is 15.6 Å². The first-order valence-electron chi connectivity index (χ1n) is 9.50. The molecular formula is C22H31IN4O3. The fourth-order valence-electron chi connectivity index (χ4n) is 2.87. The number of guanidine groups is 1. The van der Waals surface area contributed by atoms with Crippen molar-refractivity contribution in [1.29, 1.82) is 0 Å². The summed E-state index contributed by atoms with van der Waals surface area (Å²) in [6.45, 7) is 1.63. The lowest BCUT2D eigenvalue weighted by molar-refractivity contribution is -0.121. The van der Waals surface area contributed by atoms with E-state index in [4.69, 9.17) is 9.47 Å². The average molecular weight is 526 g/mol. The Labute approximate surface area is 195 Å². The molecule has 0 atom stereocenters. The Hall–Kier alpha value is -2.49. The molecule has 2 N–H and O–H groups in total. The molecule has 0 aliphatic carbocycles. The number of rotatable bonds is 9. The maximum absolute atomic E-state index is 12.1. The molecule has 8 heteroatoms. The predicted octanol–water partition coefficient (Wildman–Crippen LogP) is 3.04. The number of methoxy groups -OCH3 is 2. The van der Waals surface area contributed by atoms with E-state index in [9.17, 15) is 4.79 Å². The van der Waals surface area contributed by atoms with Crippen molar-refractivity contribution in [2.75, 3.05) is 34.9 Å². The minimum Gasteiger partial charge on any atom is -0.497 e. The third kappa shape index (κ3) is 8.10. The van der Waals surface area contributed by atoms with E-state index in [1.807, 2.05) is 60.5 Å². The Bertz CT molecular complexity index is 815. The molecule has 2 rings (SSSR count). The molecule has 0 aromatic heterocycles. The number of halogens is 1. The van der Waals surface area contributed by atoms with Gasteiger partial charge in [-0.25, -0.2) is 0 Å². The largest absolute Gasteiger partial charge is 0.497 e. The lowest BCUT2D eigenvalue weighted by Crippen LogP contribution is -2.40. The zero-order valence-electron chi connectivity index (χ0n) is 18.0. The smallest absolute Gasteiger partial charge is 0.222 e. The van der Waals surface area contributed by atoms with E-state index in [0.29, 0.717) is 32.0 Å². The molecule has 0 aliphatic rings. The van der Waals surface area contributed by atoms with Crippen LogP contribution in [0.4, 0.5) is 0 Å². The van der Waals surface area contributed by atoms with Crippen LogP contribution in [0.25, 0.3) is 0 Å². The summed E-state index contributed by atoms with van der Waals surface area (Å²) in [6, 6.07) is 15.6. The third-order valence-corrected chi connectivity index (χ3v) is 4.44. The number of ether oxygens (including phenoxy) is 2. The van der Waals surface area contributed by atoms with Crippen LogP contribution in [-0.2, 0) is 17.9 Å². The second kappa shape index (κ2) is 13.7. The van der Waals surface area contributed by atoms with E-state index in [-0.39, 0.29) is 29.9 Å². The van der Waals surface area contributed by atoms with Crippen LogP contribution in [0, 0.1) is 0 Å². The Morgan fingerprint density at radius 3 is 2.43 bits per heavy atom. The quantitative estimate of drug-likeness (QED) is 0.299. The zero-order valence-corrected chi connectivity index (χ0v) is 20.3. The maximum Gasteiger partial charge on any atom is 0.222 e. The molecule has 0 spiro atoms. The highest BCUT2D eigenvalue weighted by Gasteiger charge is 2.11. The van der Waals surface area contributed by atoms with Gasteiger partial charge in [0.15, 0.2) is 5.96 Å². The van der Waals surface area contributed by atoms with Crippen LogP contribution < -0.4 is 20.1 Å². The van der Waals surface area contributed by atoms with Crippen LogP contribution in [0.5, 0.6) is 11.5 Å². The number of benzene rings is 2. The Balaban J connectivity index is 0.00000450. The molecule has 0 radical (unpaired) electrons. The van der Waals surface area contributed by atoms with E-state index in [1.54, 1.807) is 21.3 Å². The number of amides is 1. The predicted molar refractivity (Wildman–Crippen MR) is 131 cm³/mol. The lowest BCUT2D eigenvalue weighted by atomic mass is 10.2. The van der Waals surface area contributed by atoms with Crippen LogP contribution in [-0.4, -0.2) is 51.6 Å². The summed E-state index contributed by atoms with van der Waals surface area (Å²) < 4.78 is 10.7. The van der Waals surface area contributed by atoms with Crippen molar-refractivity contribution in [3.8, 4) is 11.5 Å². The average Bonchev–Trinajstić information content (AvgIpc) is 2.76. The van der Waals surface area contributed by atoms with Gasteiger partial charge in [-0.2, -0.15) is 0 Å². The highest BCUT2D eigenvalue weighted by molar-refractivity contribution is 14.0. The van der Waals surface area contributed by atoms with Crippen molar-refractivity contribution in [2.24, 2.45) is 4.99 Å². The number of hydrogen-bond donors (Lipinski definition) is 2. The molecule has 1 amide bonds. The molecule has 0 heterocycles. The molecule has 164 valence electrons. The van der Waals surface area contributed by atoms with Gasteiger partial charge in [-0.1, -0.05) is 30.3 Å². The second-order valence-corrected chi connectivity index (χ2v) is 6.52. The van der Waals surface area contributed by atoms with Gasteiger partial charge in [0, 0.05) is 51.8 Å². The van der Waals surface area contributed by atoms with E-state index in [1.165, 1.54) is 0 Å². The lowest BCUT2D eigenvalue weighted by Gasteiger charge is -2.23. The van der Waals surface area contributed by atoms with Crippen molar-refractivity contribution in [3.63, 3.8) is 0 Å². The molecule has 2 aromatic rings. The summed E-state index contributed by atoms with van der Waals surface area (Å²) in [6.07, 6.45) is 0.367. The third-order valence-electron chi connectivity index (χ3n) is 4.44. The molecule has 0 saturated carbocycles. The first-order chi connectivity index (χ1) is 14.1. The van der Waals surface area contributed by atoms with Gasteiger partial charge >= 0.3 is 0 Å². The van der Waals surface area contributed by atoms with E-state index >= 15 is 0 Å². The molecule has 0 bridgehead atoms. The van der Waals surface area contributed by atoms with Crippen LogP contribution in [0.1, 0.15) is 17.5 Å². The van der Waals surface area contributed by atoms with Gasteiger partial charge in [0.05, 0.1) is 14.2 Å². The van der Waals surface area contributed by atoms with Crippen LogP contribution in [0.15, 0.2) is 53.5 Å². The number of carbonyl (C=O) groups is 1. The van der Waals surface area contributed by atoms with Gasteiger partial charge in [-0.3, -0.25) is 9.79 Å². The normalized spacial score (nSPS) is 10.6. The van der Waals surface area contributed by atoms with Gasteiger partial charge in [0.1, 0.15) is 11.5 Å². The Kier molecular flexibility index (Phi) is 11.7. The fourth-order valence-corrected chi connectivity index (χ4v) is 2.87. The highest BCUT2D eigenvalue weighted by Crippen LogP contribution is 2.25. The van der Waals surface area contributed by atoms with Gasteiger partial charge in [-0.15, -0.1) is 24.0 Å². The van der Waals surface area contributed by atoms with Gasteiger partial charge in [0.25, 0.3) is 0 Å². The number of nitrogens with one attached hydrogen (secondary N) is 2. The minimum absolute atomic E-state index is 0. The summed E-state index contributed by atoms with van der Waals surface area (Å²) in [5, 5.41) is 6.15. The minimum atomic E-state index is -0.00344. The first-order valence-corrected chi connectivity index (χ1v) is 9.50. The van der Waals surface area contributed by atoms with Crippen LogP contribution in [0.2, 0.25) is 0 Å². The molecule has 0 aliphatic heterocycles. The monoisotopic (exact) mass is 526 g/mol. The van der Waals surface area contributed by atoms with Crippen molar-refractivity contribution in [1.82, 2.24) is 15.5 Å². The van der Waals surface area contributed by atoms with E-state index < -0.39 is 0 Å². The Morgan fingerprint density at radius 2 is 1.80 bits per heavy atom. The standard InChI is InChI=1S/C22H30N4O3.HI/c1-23-22(24-13-12-21(27)25-15-17-8-6-5-7-9-17)26(2)16-18-10-11-19(28-3)14-20(18)29-4;/h5-11,14H,12-13,15-16H2,1-4H3,(H,23,24)(H,25,27);1H. The highest BCUT2D eigenvalue weighted by atomic mass is 127. The van der Waals surface area contributed by atoms with Gasteiger partial charge in [-0.05, 0) is 17.7 Å². The van der Waals surface area contributed by atoms with E-state index in [0.717, 1.165) is 22.6 Å². The zero-order chi connectivity index (χ0) is 21.1. The molecule has 0 unspecified atom stereocenters. The fraction of sp³-hybridized carbons (Fsp3) is 0.364. The van der Waals surface area contributed by atoms with Crippen molar-refractivity contribution < 1.29 is 14.3 Å². The van der Waals surface area contributed by atoms with Gasteiger partial charge in [0.2, 0.25) is 5.91 Å². The molecule has 0 fully saturated rings. The molecule has 30 heavy (non-hydrogen) atoms. The maximum atomic E-state index is 12.1. The van der Waals surface area contributed by atoms with Crippen molar-refractivity contribution in [2.45, 2.75) is 19.5 Å². The molecule has 7 nitrogen and oxygen atoms in total. The number of carbonyl (C=O) groups excluding carboxylic acids is 1. The first kappa shape index (κ1) is 25.5. The van der Waals surface area contributed by atoms with Gasteiger partial charge < -0.3 is 25.0 Å². The van der Waals surface area contributed by atoms with Crippen LogP contribution in [0.3, 0.4) is 0 Å².